The average Bonchev–Trinajstić information content (AvgIpc) is 3.23. The van der Waals surface area contributed by atoms with Crippen molar-refractivity contribution in [1.82, 2.24) is 20.1 Å². The van der Waals surface area contributed by atoms with Gasteiger partial charge in [0.25, 0.3) is 0 Å². The molecule has 1 N–H and O–H groups in total. The molecular weight excluding hydrogens is 472 g/mol. The first-order valence-corrected chi connectivity index (χ1v) is 14.8. The molecule has 1 aromatic heterocycles. The molecule has 1 amide bonds. The van der Waals surface area contributed by atoms with Crippen LogP contribution in [0.3, 0.4) is 0 Å². The van der Waals surface area contributed by atoms with Crippen LogP contribution in [-0.2, 0) is 11.3 Å². The number of nitrogens with zero attached hydrogens (tertiary/aromatic N) is 3. The molecule has 0 aliphatic carbocycles. The van der Waals surface area contributed by atoms with E-state index in [0.29, 0.717) is 0 Å². The molecule has 0 spiro atoms. The van der Waals surface area contributed by atoms with Crippen LogP contribution in [0, 0.1) is 59.3 Å². The van der Waals surface area contributed by atoms with E-state index >= 15 is 0 Å². The maximum absolute atomic E-state index is 12.8. The fourth-order valence-corrected chi connectivity index (χ4v) is 6.70. The van der Waals surface area contributed by atoms with Crippen LogP contribution >= 0.6 is 0 Å². The standard InChI is InChI=1S/C32H50N4O2/c1-20-16-21(2)18-36(17-20)13-9-12-33-31(37)28-10-14-35(15-11-28)19-29-27(8)38-32(34-29)30-25(6)23(4)22(3)24(5)26(30)7/h20-21,28H,9-19H2,1-8H3,(H,33,37)/t20-,21+. The molecule has 2 atom stereocenters. The highest BCUT2D eigenvalue weighted by Gasteiger charge is 2.27. The Labute approximate surface area is 230 Å². The molecule has 4 rings (SSSR count). The highest BCUT2D eigenvalue weighted by atomic mass is 16.4. The van der Waals surface area contributed by atoms with Crippen molar-refractivity contribution in [2.75, 3.05) is 39.3 Å². The van der Waals surface area contributed by atoms with E-state index in [0.717, 1.165) is 86.7 Å². The van der Waals surface area contributed by atoms with Gasteiger partial charge in [0.1, 0.15) is 5.76 Å². The molecule has 2 aliphatic rings. The molecule has 210 valence electrons. The maximum Gasteiger partial charge on any atom is 0.227 e. The summed E-state index contributed by atoms with van der Waals surface area (Å²) >= 11 is 0. The van der Waals surface area contributed by atoms with E-state index in [1.807, 2.05) is 6.92 Å². The molecule has 0 radical (unpaired) electrons. The van der Waals surface area contributed by atoms with Crippen molar-refractivity contribution in [3.63, 3.8) is 0 Å². The summed E-state index contributed by atoms with van der Waals surface area (Å²) in [5.74, 6) is 3.57. The number of benzene rings is 1. The van der Waals surface area contributed by atoms with Gasteiger partial charge in [0.05, 0.1) is 5.69 Å². The molecule has 3 heterocycles. The maximum atomic E-state index is 12.8. The van der Waals surface area contributed by atoms with Crippen LogP contribution in [0.25, 0.3) is 11.5 Å². The van der Waals surface area contributed by atoms with Crippen molar-refractivity contribution < 1.29 is 9.21 Å². The first kappa shape index (κ1) is 28.8. The number of carbonyl (C=O) groups excluding carboxylic acids is 1. The Hall–Kier alpha value is -2.18. The monoisotopic (exact) mass is 522 g/mol. The molecule has 6 heteroatoms. The van der Waals surface area contributed by atoms with Gasteiger partial charge in [0, 0.05) is 37.7 Å². The Kier molecular flexibility index (Phi) is 9.36. The van der Waals surface area contributed by atoms with Crippen molar-refractivity contribution in [3.8, 4) is 11.5 Å². The summed E-state index contributed by atoms with van der Waals surface area (Å²) in [6.07, 6.45) is 4.20. The molecule has 2 saturated heterocycles. The van der Waals surface area contributed by atoms with Crippen LogP contribution in [0.2, 0.25) is 0 Å². The third-order valence-corrected chi connectivity index (χ3v) is 9.33. The van der Waals surface area contributed by atoms with Crippen molar-refractivity contribution in [1.29, 1.82) is 0 Å². The topological polar surface area (TPSA) is 61.6 Å². The zero-order chi connectivity index (χ0) is 27.6. The molecular formula is C32H50N4O2. The largest absolute Gasteiger partial charge is 0.441 e. The molecule has 2 aromatic rings. The number of nitrogens with one attached hydrogen (secondary N) is 1. The minimum absolute atomic E-state index is 0.124. The SMILES string of the molecule is Cc1oc(-c2c(C)c(C)c(C)c(C)c2C)nc1CN1CCC(C(=O)NCCCN2C[C@H](C)C[C@H](C)C2)CC1. The second-order valence-electron chi connectivity index (χ2n) is 12.4. The summed E-state index contributed by atoms with van der Waals surface area (Å²) in [6.45, 7) is 24.5. The molecule has 2 aliphatic heterocycles. The zero-order valence-corrected chi connectivity index (χ0v) is 25.2. The Morgan fingerprint density at radius 2 is 1.47 bits per heavy atom. The number of likely N-dealkylation sites (tertiary alicyclic amines) is 2. The second-order valence-corrected chi connectivity index (χ2v) is 12.4. The lowest BCUT2D eigenvalue weighted by atomic mass is 9.89. The van der Waals surface area contributed by atoms with Crippen LogP contribution in [0.15, 0.2) is 4.42 Å². The lowest BCUT2D eigenvalue weighted by Gasteiger charge is -2.35. The third-order valence-electron chi connectivity index (χ3n) is 9.33. The molecule has 1 aromatic carbocycles. The van der Waals surface area contributed by atoms with Gasteiger partial charge in [-0.2, -0.15) is 0 Å². The van der Waals surface area contributed by atoms with Gasteiger partial charge in [-0.15, -0.1) is 0 Å². The van der Waals surface area contributed by atoms with Crippen LogP contribution in [0.5, 0.6) is 0 Å². The molecule has 38 heavy (non-hydrogen) atoms. The summed E-state index contributed by atoms with van der Waals surface area (Å²) in [5, 5.41) is 3.22. The van der Waals surface area contributed by atoms with E-state index in [4.69, 9.17) is 9.40 Å². The third kappa shape index (κ3) is 6.51. The van der Waals surface area contributed by atoms with Crippen molar-refractivity contribution >= 4 is 5.91 Å². The summed E-state index contributed by atoms with van der Waals surface area (Å²) in [4.78, 5) is 22.8. The minimum atomic E-state index is 0.124. The van der Waals surface area contributed by atoms with E-state index < -0.39 is 0 Å². The first-order valence-electron chi connectivity index (χ1n) is 14.8. The Morgan fingerprint density at radius 3 is 2.08 bits per heavy atom. The van der Waals surface area contributed by atoms with E-state index in [9.17, 15) is 4.79 Å². The van der Waals surface area contributed by atoms with Gasteiger partial charge >= 0.3 is 0 Å². The Bertz CT molecular complexity index is 1090. The number of piperidine rings is 2. The normalized spacial score (nSPS) is 21.7. The van der Waals surface area contributed by atoms with Gasteiger partial charge in [0.2, 0.25) is 11.8 Å². The zero-order valence-electron chi connectivity index (χ0n) is 25.2. The van der Waals surface area contributed by atoms with Crippen molar-refractivity contribution in [2.45, 2.75) is 87.6 Å². The Morgan fingerprint density at radius 1 is 0.895 bits per heavy atom. The summed E-state index contributed by atoms with van der Waals surface area (Å²) in [7, 11) is 0. The number of carbonyl (C=O) groups is 1. The van der Waals surface area contributed by atoms with Gasteiger partial charge in [-0.25, -0.2) is 4.98 Å². The van der Waals surface area contributed by atoms with Crippen molar-refractivity contribution in [3.05, 3.63) is 39.3 Å². The molecule has 0 bridgehead atoms. The van der Waals surface area contributed by atoms with Crippen LogP contribution in [0.4, 0.5) is 0 Å². The van der Waals surface area contributed by atoms with Gasteiger partial charge in [0.15, 0.2) is 0 Å². The summed E-state index contributed by atoms with van der Waals surface area (Å²) in [6, 6.07) is 0. The first-order chi connectivity index (χ1) is 18.0. The number of amides is 1. The van der Waals surface area contributed by atoms with E-state index in [2.05, 4.69) is 63.6 Å². The summed E-state index contributed by atoms with van der Waals surface area (Å²) in [5.41, 5.74) is 8.65. The van der Waals surface area contributed by atoms with Gasteiger partial charge in [-0.3, -0.25) is 9.69 Å². The van der Waals surface area contributed by atoms with Gasteiger partial charge in [-0.1, -0.05) is 13.8 Å². The van der Waals surface area contributed by atoms with E-state index in [-0.39, 0.29) is 11.8 Å². The minimum Gasteiger partial charge on any atom is -0.441 e. The highest BCUT2D eigenvalue weighted by molar-refractivity contribution is 5.78. The number of hydrogen-bond donors (Lipinski definition) is 1. The van der Waals surface area contributed by atoms with Gasteiger partial charge < -0.3 is 14.6 Å². The number of hydrogen-bond acceptors (Lipinski definition) is 5. The fourth-order valence-electron chi connectivity index (χ4n) is 6.70. The lowest BCUT2D eigenvalue weighted by molar-refractivity contribution is -0.126. The van der Waals surface area contributed by atoms with Crippen LogP contribution in [-0.4, -0.2) is 60.0 Å². The van der Waals surface area contributed by atoms with E-state index in [1.54, 1.807) is 0 Å². The smallest absolute Gasteiger partial charge is 0.227 e. The number of rotatable bonds is 8. The van der Waals surface area contributed by atoms with Crippen molar-refractivity contribution in [2.24, 2.45) is 17.8 Å². The Balaban J connectivity index is 1.25. The summed E-state index contributed by atoms with van der Waals surface area (Å²) < 4.78 is 6.22. The van der Waals surface area contributed by atoms with Crippen LogP contribution in [0.1, 0.15) is 78.8 Å². The number of oxazole rings is 1. The average molecular weight is 523 g/mol. The molecule has 0 saturated carbocycles. The highest BCUT2D eigenvalue weighted by Crippen LogP contribution is 2.35. The molecule has 6 nitrogen and oxygen atoms in total. The van der Waals surface area contributed by atoms with Gasteiger partial charge in [-0.05, 0) is 127 Å². The number of aromatic nitrogens is 1. The van der Waals surface area contributed by atoms with Crippen LogP contribution < -0.4 is 5.32 Å². The quantitative estimate of drug-likeness (QED) is 0.438. The lowest BCUT2D eigenvalue weighted by Crippen LogP contribution is -2.42. The van der Waals surface area contributed by atoms with E-state index in [1.165, 1.54) is 47.3 Å². The fraction of sp³-hybridized carbons (Fsp3) is 0.688. The predicted octanol–water partition coefficient (Wildman–Crippen LogP) is 5.89. The molecule has 0 unspecified atom stereocenters. The second kappa shape index (κ2) is 12.3. The predicted molar refractivity (Wildman–Crippen MR) is 155 cm³/mol. The number of aryl methyl sites for hydroxylation is 1. The molecule has 2 fully saturated rings.